The number of cyclic esters (lactones) is 1. The molecular weight excluding hydrogens is 437 g/mol. The molecule has 10 heteroatoms. The van der Waals surface area contributed by atoms with Gasteiger partial charge in [-0.3, -0.25) is 4.90 Å². The first-order valence-corrected chi connectivity index (χ1v) is 11.5. The average Bonchev–Trinajstić information content (AvgIpc) is 3.42. The number of hydrogen-bond donors (Lipinski definition) is 2. The summed E-state index contributed by atoms with van der Waals surface area (Å²) in [4.78, 5) is 19.6. The number of benzene rings is 1. The van der Waals surface area contributed by atoms with Gasteiger partial charge in [0.2, 0.25) is 0 Å². The van der Waals surface area contributed by atoms with E-state index in [0.29, 0.717) is 48.6 Å². The van der Waals surface area contributed by atoms with Crippen molar-refractivity contribution in [1.82, 2.24) is 15.5 Å². The Kier molecular flexibility index (Phi) is 6.88. The minimum Gasteiger partial charge on any atom is -0.442 e. The molecule has 1 aromatic rings. The fourth-order valence-corrected chi connectivity index (χ4v) is 4.77. The summed E-state index contributed by atoms with van der Waals surface area (Å²) in [5.41, 5.74) is 1.05. The lowest BCUT2D eigenvalue weighted by molar-refractivity contribution is 0.143. The minimum atomic E-state index is -0.469. The zero-order chi connectivity index (χ0) is 22.0. The van der Waals surface area contributed by atoms with Gasteiger partial charge in [-0.25, -0.2) is 9.18 Å². The van der Waals surface area contributed by atoms with Gasteiger partial charge in [-0.2, -0.15) is 0 Å². The molecule has 3 aliphatic heterocycles. The molecule has 3 aliphatic rings. The van der Waals surface area contributed by atoms with Gasteiger partial charge in [0.15, 0.2) is 0 Å². The van der Waals surface area contributed by atoms with E-state index in [4.69, 9.17) is 29.2 Å². The van der Waals surface area contributed by atoms with Crippen LogP contribution in [0.4, 0.5) is 20.6 Å². The molecule has 2 unspecified atom stereocenters. The first kappa shape index (κ1) is 22.2. The van der Waals surface area contributed by atoms with E-state index >= 15 is 0 Å². The summed E-state index contributed by atoms with van der Waals surface area (Å²) < 4.78 is 20.3. The summed E-state index contributed by atoms with van der Waals surface area (Å²) in [6.45, 7) is 6.58. The second kappa shape index (κ2) is 9.62. The van der Waals surface area contributed by atoms with Crippen molar-refractivity contribution in [2.45, 2.75) is 31.9 Å². The molecule has 0 spiro atoms. The van der Waals surface area contributed by atoms with E-state index < -0.39 is 6.09 Å². The zero-order valence-corrected chi connectivity index (χ0v) is 19.2. The molecule has 1 aromatic carbocycles. The molecule has 3 fully saturated rings. The van der Waals surface area contributed by atoms with Crippen LogP contribution in [-0.2, 0) is 4.74 Å². The molecule has 1 amide bonds. The number of halogens is 1. The van der Waals surface area contributed by atoms with E-state index in [1.165, 1.54) is 11.0 Å². The van der Waals surface area contributed by atoms with Crippen molar-refractivity contribution in [3.05, 3.63) is 24.0 Å². The highest BCUT2D eigenvalue weighted by Gasteiger charge is 2.33. The maximum atomic E-state index is 15.0. The van der Waals surface area contributed by atoms with Crippen LogP contribution in [0.15, 0.2) is 18.2 Å². The first-order valence-electron chi connectivity index (χ1n) is 10.7. The highest BCUT2D eigenvalue weighted by atomic mass is 32.1. The number of amides is 1. The van der Waals surface area contributed by atoms with Crippen molar-refractivity contribution in [2.75, 3.05) is 55.6 Å². The number of carbonyl (C=O) groups is 1. The smallest absolute Gasteiger partial charge is 0.414 e. The largest absolute Gasteiger partial charge is 0.442 e. The van der Waals surface area contributed by atoms with Crippen LogP contribution >= 0.6 is 24.4 Å². The normalized spacial score (nSPS) is 23.8. The summed E-state index contributed by atoms with van der Waals surface area (Å²) in [6, 6.07) is 5.23. The van der Waals surface area contributed by atoms with Crippen LogP contribution < -0.4 is 20.4 Å². The van der Waals surface area contributed by atoms with Crippen molar-refractivity contribution in [3.8, 4) is 0 Å². The van der Waals surface area contributed by atoms with Crippen LogP contribution in [0, 0.1) is 5.82 Å². The van der Waals surface area contributed by atoms with Gasteiger partial charge in [0.1, 0.15) is 11.9 Å². The quantitative estimate of drug-likeness (QED) is 0.643. The van der Waals surface area contributed by atoms with Gasteiger partial charge in [0, 0.05) is 26.2 Å². The molecule has 2 atom stereocenters. The van der Waals surface area contributed by atoms with Crippen molar-refractivity contribution < 1.29 is 13.9 Å². The van der Waals surface area contributed by atoms with Crippen LogP contribution in [0.2, 0.25) is 0 Å². The van der Waals surface area contributed by atoms with Crippen LogP contribution in [-0.4, -0.2) is 78.9 Å². The lowest BCUT2D eigenvalue weighted by Gasteiger charge is -2.39. The molecule has 168 valence electrons. The van der Waals surface area contributed by atoms with Crippen LogP contribution in [0.3, 0.4) is 0 Å². The Balaban J connectivity index is 1.35. The van der Waals surface area contributed by atoms with Crippen LogP contribution in [0.5, 0.6) is 0 Å². The maximum absolute atomic E-state index is 15.0. The summed E-state index contributed by atoms with van der Waals surface area (Å²) in [5.74, 6) is -0.338. The fourth-order valence-electron chi connectivity index (χ4n) is 4.30. The first-order chi connectivity index (χ1) is 14.9. The molecule has 31 heavy (non-hydrogen) atoms. The van der Waals surface area contributed by atoms with E-state index in [0.717, 1.165) is 37.5 Å². The third-order valence-corrected chi connectivity index (χ3v) is 6.67. The molecule has 0 bridgehead atoms. The second-order valence-corrected chi connectivity index (χ2v) is 9.18. The monoisotopic (exact) mass is 465 g/mol. The Labute approximate surface area is 192 Å². The number of hydrogen-bond acceptors (Lipinski definition) is 6. The van der Waals surface area contributed by atoms with Crippen molar-refractivity contribution in [2.24, 2.45) is 0 Å². The molecule has 2 N–H and O–H groups in total. The van der Waals surface area contributed by atoms with E-state index in [2.05, 4.69) is 15.5 Å². The van der Waals surface area contributed by atoms with Gasteiger partial charge in [0.05, 0.1) is 40.5 Å². The number of carbonyl (C=O) groups excluding carboxylic acids is 1. The Morgan fingerprint density at radius 2 is 2.06 bits per heavy atom. The van der Waals surface area contributed by atoms with Crippen molar-refractivity contribution >= 4 is 51.9 Å². The summed E-state index contributed by atoms with van der Waals surface area (Å²) in [6.07, 6.45) is 1.47. The predicted molar refractivity (Wildman–Crippen MR) is 128 cm³/mol. The van der Waals surface area contributed by atoms with Gasteiger partial charge in [0.25, 0.3) is 0 Å². The number of rotatable bonds is 5. The maximum Gasteiger partial charge on any atom is 0.414 e. The number of piperazine rings is 1. The third kappa shape index (κ3) is 5.07. The third-order valence-electron chi connectivity index (χ3n) is 5.99. The van der Waals surface area contributed by atoms with Crippen LogP contribution in [0.25, 0.3) is 0 Å². The van der Waals surface area contributed by atoms with Gasteiger partial charge < -0.3 is 25.2 Å². The lowest BCUT2D eigenvalue weighted by Crippen LogP contribution is -2.52. The molecule has 3 heterocycles. The van der Waals surface area contributed by atoms with Gasteiger partial charge in [-0.05, 0) is 44.5 Å². The number of thiocarbonyl (C=S) groups is 2. The fraction of sp³-hybridized carbons (Fsp3) is 0.571. The average molecular weight is 466 g/mol. The van der Waals surface area contributed by atoms with E-state index in [9.17, 15) is 9.18 Å². The Hall–Kier alpha value is -2.04. The van der Waals surface area contributed by atoms with Gasteiger partial charge >= 0.3 is 6.09 Å². The summed E-state index contributed by atoms with van der Waals surface area (Å²) >= 11 is 10.6. The zero-order valence-electron chi connectivity index (χ0n) is 17.6. The van der Waals surface area contributed by atoms with E-state index in [1.807, 2.05) is 4.90 Å². The highest BCUT2D eigenvalue weighted by Crippen LogP contribution is 2.28. The second-order valence-electron chi connectivity index (χ2n) is 8.15. The van der Waals surface area contributed by atoms with Crippen molar-refractivity contribution in [3.63, 3.8) is 0 Å². The molecule has 0 saturated carbocycles. The highest BCUT2D eigenvalue weighted by molar-refractivity contribution is 7.80. The molecule has 4 rings (SSSR count). The molecule has 0 radical (unpaired) electrons. The predicted octanol–water partition coefficient (Wildman–Crippen LogP) is 2.29. The number of nitrogens with one attached hydrogen (secondary N) is 2. The Bertz CT molecular complexity index is 856. The lowest BCUT2D eigenvalue weighted by atomic mass is 10.1. The molecule has 0 aliphatic carbocycles. The SMILES string of the molecule is CC(=S)NCC1CN(c2ccc(N3CCN(C(=S)C4CCCN4)CC3)c(F)c2)C(=O)O1. The van der Waals surface area contributed by atoms with E-state index in [-0.39, 0.29) is 11.9 Å². The summed E-state index contributed by atoms with van der Waals surface area (Å²) in [7, 11) is 0. The van der Waals surface area contributed by atoms with E-state index in [1.54, 1.807) is 19.1 Å². The number of ether oxygens (including phenoxy) is 1. The molecule has 0 aromatic heterocycles. The Morgan fingerprint density at radius 1 is 1.29 bits per heavy atom. The van der Waals surface area contributed by atoms with Crippen LogP contribution in [0.1, 0.15) is 19.8 Å². The summed E-state index contributed by atoms with van der Waals surface area (Å²) in [5, 5.41) is 6.45. The standard InChI is InChI=1S/C21H28FN5O2S2/c1-14(30)24-12-16-13-27(21(28)29-16)15-4-5-19(17(22)11-15)25-7-9-26(10-8-25)20(31)18-3-2-6-23-18/h4-5,11,16,18,23H,2-3,6-10,12-13H2,1H3,(H,24,30). The Morgan fingerprint density at radius 3 is 2.71 bits per heavy atom. The molecule has 3 saturated heterocycles. The van der Waals surface area contributed by atoms with Gasteiger partial charge in [-0.15, -0.1) is 0 Å². The number of anilines is 2. The van der Waals surface area contributed by atoms with Crippen molar-refractivity contribution in [1.29, 1.82) is 0 Å². The molecule has 7 nitrogen and oxygen atoms in total. The topological polar surface area (TPSA) is 60.1 Å². The number of nitrogens with zero attached hydrogens (tertiary/aromatic N) is 3. The van der Waals surface area contributed by atoms with Gasteiger partial charge in [-0.1, -0.05) is 24.4 Å². The minimum absolute atomic E-state index is 0.296. The molecular formula is C21H28FN5O2S2.